The van der Waals surface area contributed by atoms with Gasteiger partial charge in [0.1, 0.15) is 0 Å². The summed E-state index contributed by atoms with van der Waals surface area (Å²) in [6.45, 7) is 3.09. The Hall–Kier alpha value is -1.33. The van der Waals surface area contributed by atoms with Crippen molar-refractivity contribution in [3.05, 3.63) is 36.0 Å². The first-order valence-electron chi connectivity index (χ1n) is 5.47. The van der Waals surface area contributed by atoms with Gasteiger partial charge in [0.25, 0.3) is 0 Å². The van der Waals surface area contributed by atoms with E-state index in [0.717, 1.165) is 11.2 Å². The first-order chi connectivity index (χ1) is 7.97. The van der Waals surface area contributed by atoms with Gasteiger partial charge in [-0.1, -0.05) is 18.2 Å². The molecule has 4 nitrogen and oxygen atoms in total. The van der Waals surface area contributed by atoms with Crippen molar-refractivity contribution in [1.82, 2.24) is 9.29 Å². The molecule has 1 aromatic heterocycles. The van der Waals surface area contributed by atoms with Crippen molar-refractivity contribution in [3.63, 3.8) is 0 Å². The molecule has 2 rings (SSSR count). The van der Waals surface area contributed by atoms with Crippen LogP contribution in [0, 0.1) is 6.92 Å². The molecule has 17 heavy (non-hydrogen) atoms. The van der Waals surface area contributed by atoms with E-state index in [1.165, 1.54) is 11.6 Å². The molecular formula is C12H16N2O2S. The highest BCUT2D eigenvalue weighted by Gasteiger charge is 2.05. The lowest BCUT2D eigenvalue weighted by atomic mass is 10.2. The summed E-state index contributed by atoms with van der Waals surface area (Å²) >= 11 is 0. The van der Waals surface area contributed by atoms with Crippen molar-refractivity contribution >= 4 is 20.9 Å². The van der Waals surface area contributed by atoms with Crippen molar-refractivity contribution in [3.8, 4) is 0 Å². The van der Waals surface area contributed by atoms with Crippen LogP contribution in [0.15, 0.2) is 30.3 Å². The minimum atomic E-state index is -3.11. The van der Waals surface area contributed by atoms with Crippen LogP contribution in [0.4, 0.5) is 0 Å². The fraction of sp³-hybridized carbons (Fsp3) is 0.333. The number of hydrogen-bond donors (Lipinski definition) is 1. The topological polar surface area (TPSA) is 51.1 Å². The monoisotopic (exact) mass is 252 g/mol. The zero-order valence-corrected chi connectivity index (χ0v) is 10.8. The Morgan fingerprint density at radius 1 is 1.29 bits per heavy atom. The van der Waals surface area contributed by atoms with E-state index in [1.54, 1.807) is 0 Å². The summed E-state index contributed by atoms with van der Waals surface area (Å²) in [7, 11) is -3.11. The molecule has 5 heteroatoms. The highest BCUT2D eigenvalue weighted by Crippen LogP contribution is 2.18. The van der Waals surface area contributed by atoms with Gasteiger partial charge in [-0.05, 0) is 24.4 Å². The maximum absolute atomic E-state index is 11.0. The Labute approximate surface area is 101 Å². The van der Waals surface area contributed by atoms with Gasteiger partial charge in [0, 0.05) is 24.3 Å². The third-order valence-electron chi connectivity index (χ3n) is 2.72. The molecule has 1 aromatic carbocycles. The quantitative estimate of drug-likeness (QED) is 0.896. The van der Waals surface area contributed by atoms with Crippen molar-refractivity contribution in [2.24, 2.45) is 0 Å². The van der Waals surface area contributed by atoms with Gasteiger partial charge in [-0.3, -0.25) is 0 Å². The van der Waals surface area contributed by atoms with Gasteiger partial charge in [0.15, 0.2) is 0 Å². The van der Waals surface area contributed by atoms with Crippen LogP contribution in [0.25, 0.3) is 10.9 Å². The maximum atomic E-state index is 11.0. The van der Waals surface area contributed by atoms with Gasteiger partial charge in [0.2, 0.25) is 10.0 Å². The van der Waals surface area contributed by atoms with E-state index in [-0.39, 0.29) is 0 Å². The molecule has 0 saturated heterocycles. The fourth-order valence-electron chi connectivity index (χ4n) is 1.99. The number of aromatic nitrogens is 1. The standard InChI is InChI=1S/C12H16N2O2S/c1-10-9-11-5-3-4-6-12(11)14(10)8-7-13-17(2,15)16/h3-6,9,13H,7-8H2,1-2H3. The predicted molar refractivity (Wildman–Crippen MR) is 69.5 cm³/mol. The molecule has 92 valence electrons. The van der Waals surface area contributed by atoms with Crippen molar-refractivity contribution in [1.29, 1.82) is 0 Å². The molecule has 0 amide bonds. The second kappa shape index (κ2) is 4.50. The van der Waals surface area contributed by atoms with Crippen LogP contribution in [0.1, 0.15) is 5.69 Å². The summed E-state index contributed by atoms with van der Waals surface area (Å²) in [5.41, 5.74) is 2.28. The first kappa shape index (κ1) is 12.1. The largest absolute Gasteiger partial charge is 0.344 e. The second-order valence-electron chi connectivity index (χ2n) is 4.16. The van der Waals surface area contributed by atoms with Crippen molar-refractivity contribution in [2.45, 2.75) is 13.5 Å². The molecule has 0 bridgehead atoms. The van der Waals surface area contributed by atoms with Gasteiger partial charge >= 0.3 is 0 Å². The molecule has 0 spiro atoms. The Kier molecular flexibility index (Phi) is 3.22. The number of sulfonamides is 1. The number of nitrogens with zero attached hydrogens (tertiary/aromatic N) is 1. The summed E-state index contributed by atoms with van der Waals surface area (Å²) in [6.07, 6.45) is 1.17. The zero-order chi connectivity index (χ0) is 12.5. The maximum Gasteiger partial charge on any atom is 0.208 e. The van der Waals surface area contributed by atoms with Gasteiger partial charge in [-0.15, -0.1) is 0 Å². The molecular weight excluding hydrogens is 236 g/mol. The Morgan fingerprint density at radius 2 is 2.00 bits per heavy atom. The second-order valence-corrected chi connectivity index (χ2v) is 6.00. The fourth-order valence-corrected chi connectivity index (χ4v) is 2.45. The van der Waals surface area contributed by atoms with E-state index in [9.17, 15) is 8.42 Å². The van der Waals surface area contributed by atoms with Crippen LogP contribution in [-0.4, -0.2) is 25.8 Å². The average molecular weight is 252 g/mol. The molecule has 1 N–H and O–H groups in total. The van der Waals surface area contributed by atoms with Gasteiger partial charge < -0.3 is 4.57 Å². The van der Waals surface area contributed by atoms with E-state index in [0.29, 0.717) is 13.1 Å². The van der Waals surface area contributed by atoms with Crippen LogP contribution in [0.2, 0.25) is 0 Å². The van der Waals surface area contributed by atoms with Gasteiger partial charge in [-0.25, -0.2) is 13.1 Å². The Balaban J connectivity index is 2.21. The van der Waals surface area contributed by atoms with E-state index >= 15 is 0 Å². The van der Waals surface area contributed by atoms with E-state index in [2.05, 4.69) is 21.4 Å². The summed E-state index contributed by atoms with van der Waals surface area (Å²) in [5.74, 6) is 0. The Bertz CT molecular complexity index is 629. The number of nitrogens with one attached hydrogen (secondary N) is 1. The van der Waals surface area contributed by atoms with Crippen LogP contribution >= 0.6 is 0 Å². The number of aryl methyl sites for hydroxylation is 1. The molecule has 0 atom stereocenters. The average Bonchev–Trinajstić information content (AvgIpc) is 2.54. The van der Waals surface area contributed by atoms with Crippen molar-refractivity contribution in [2.75, 3.05) is 12.8 Å². The SMILES string of the molecule is Cc1cc2ccccc2n1CCNS(C)(=O)=O. The van der Waals surface area contributed by atoms with E-state index < -0.39 is 10.0 Å². The van der Waals surface area contributed by atoms with Crippen LogP contribution in [0.5, 0.6) is 0 Å². The van der Waals surface area contributed by atoms with Crippen LogP contribution in [-0.2, 0) is 16.6 Å². The number of hydrogen-bond acceptors (Lipinski definition) is 2. The number of para-hydroxylation sites is 1. The minimum Gasteiger partial charge on any atom is -0.344 e. The minimum absolute atomic E-state index is 0.415. The lowest BCUT2D eigenvalue weighted by molar-refractivity contribution is 0.579. The number of fused-ring (bicyclic) bond motifs is 1. The molecule has 0 aliphatic heterocycles. The molecule has 0 fully saturated rings. The lowest BCUT2D eigenvalue weighted by Crippen LogP contribution is -2.26. The molecule has 0 radical (unpaired) electrons. The number of benzene rings is 1. The summed E-state index contributed by atoms with van der Waals surface area (Å²) in [5, 5.41) is 1.18. The molecule has 0 aliphatic rings. The highest BCUT2D eigenvalue weighted by atomic mass is 32.2. The number of rotatable bonds is 4. The normalized spacial score (nSPS) is 12.1. The molecule has 0 aliphatic carbocycles. The molecule has 0 unspecified atom stereocenters. The smallest absolute Gasteiger partial charge is 0.208 e. The van der Waals surface area contributed by atoms with Gasteiger partial charge in [-0.2, -0.15) is 0 Å². The Morgan fingerprint density at radius 3 is 2.71 bits per heavy atom. The van der Waals surface area contributed by atoms with E-state index in [4.69, 9.17) is 0 Å². The molecule has 2 aromatic rings. The third-order valence-corrected chi connectivity index (χ3v) is 3.45. The van der Waals surface area contributed by atoms with Gasteiger partial charge in [0.05, 0.1) is 6.26 Å². The van der Waals surface area contributed by atoms with E-state index in [1.807, 2.05) is 25.1 Å². The zero-order valence-electron chi connectivity index (χ0n) is 9.97. The highest BCUT2D eigenvalue weighted by molar-refractivity contribution is 7.88. The summed E-state index contributed by atoms with van der Waals surface area (Å²) in [4.78, 5) is 0. The molecule has 1 heterocycles. The summed E-state index contributed by atoms with van der Waals surface area (Å²) < 4.78 is 26.6. The third kappa shape index (κ3) is 2.87. The lowest BCUT2D eigenvalue weighted by Gasteiger charge is -2.08. The molecule has 0 saturated carbocycles. The van der Waals surface area contributed by atoms with Crippen LogP contribution < -0.4 is 4.72 Å². The first-order valence-corrected chi connectivity index (χ1v) is 7.36. The summed E-state index contributed by atoms with van der Waals surface area (Å²) in [6, 6.07) is 10.2. The van der Waals surface area contributed by atoms with Crippen molar-refractivity contribution < 1.29 is 8.42 Å². The predicted octanol–water partition coefficient (Wildman–Crippen LogP) is 1.50. The van der Waals surface area contributed by atoms with Crippen LogP contribution in [0.3, 0.4) is 0 Å².